The molecule has 1 saturated heterocycles. The molecule has 162 valence electrons. The monoisotopic (exact) mass is 438 g/mol. The second-order valence-electron chi connectivity index (χ2n) is 8.29. The third-order valence-electron chi connectivity index (χ3n) is 6.07. The van der Waals surface area contributed by atoms with Crippen LogP contribution in [0.25, 0.3) is 10.2 Å². The van der Waals surface area contributed by atoms with E-state index in [1.165, 1.54) is 10.4 Å². The molecule has 1 aliphatic heterocycles. The molecule has 0 saturated carbocycles. The van der Waals surface area contributed by atoms with E-state index in [0.717, 1.165) is 61.5 Å². The minimum Gasteiger partial charge on any atom is -0.354 e. The van der Waals surface area contributed by atoms with E-state index in [-0.39, 0.29) is 17.9 Å². The first kappa shape index (κ1) is 20.1. The maximum Gasteiger partial charge on any atom is 0.259 e. The van der Waals surface area contributed by atoms with E-state index < -0.39 is 0 Å². The zero-order valence-corrected chi connectivity index (χ0v) is 18.4. The van der Waals surface area contributed by atoms with Crippen molar-refractivity contribution in [1.29, 1.82) is 0 Å². The van der Waals surface area contributed by atoms with Crippen molar-refractivity contribution < 1.29 is 4.79 Å². The lowest BCUT2D eigenvalue weighted by molar-refractivity contribution is -0.116. The van der Waals surface area contributed by atoms with Crippen molar-refractivity contribution in [3.05, 3.63) is 44.9 Å². The van der Waals surface area contributed by atoms with E-state index in [0.29, 0.717) is 17.9 Å². The van der Waals surface area contributed by atoms with Crippen LogP contribution in [0.3, 0.4) is 0 Å². The standard InChI is InChI=1S/C22H26N6O2S/c1-27-9-11-28(12-10-27)18-7-5-14(13-23-18)24-19(29)8-6-17-25-21(30)20-15-3-2-4-16(15)31-22(20)26-17/h5,7,13H,2-4,6,8-12H2,1H3,(H,24,29)(H,25,26,30). The van der Waals surface area contributed by atoms with Gasteiger partial charge in [-0.15, -0.1) is 11.3 Å². The van der Waals surface area contributed by atoms with Crippen LogP contribution in [-0.2, 0) is 24.1 Å². The molecule has 8 nitrogen and oxygen atoms in total. The fraction of sp³-hybridized carbons (Fsp3) is 0.455. The summed E-state index contributed by atoms with van der Waals surface area (Å²) in [7, 11) is 2.12. The second-order valence-corrected chi connectivity index (χ2v) is 9.38. The van der Waals surface area contributed by atoms with Crippen LogP contribution < -0.4 is 15.8 Å². The van der Waals surface area contributed by atoms with Crippen LogP contribution in [0.1, 0.15) is 29.1 Å². The van der Waals surface area contributed by atoms with Crippen molar-refractivity contribution in [3.8, 4) is 0 Å². The smallest absolute Gasteiger partial charge is 0.259 e. The molecule has 9 heteroatoms. The van der Waals surface area contributed by atoms with Crippen LogP contribution in [0.15, 0.2) is 23.1 Å². The van der Waals surface area contributed by atoms with Crippen molar-refractivity contribution in [2.45, 2.75) is 32.1 Å². The molecule has 0 spiro atoms. The van der Waals surface area contributed by atoms with Crippen LogP contribution in [0.2, 0.25) is 0 Å². The lowest BCUT2D eigenvalue weighted by Gasteiger charge is -2.33. The summed E-state index contributed by atoms with van der Waals surface area (Å²) >= 11 is 1.62. The van der Waals surface area contributed by atoms with Gasteiger partial charge in [-0.1, -0.05) is 0 Å². The number of nitrogens with one attached hydrogen (secondary N) is 2. The fourth-order valence-corrected chi connectivity index (χ4v) is 5.58. The van der Waals surface area contributed by atoms with Crippen molar-refractivity contribution in [1.82, 2.24) is 19.9 Å². The Morgan fingerprint density at radius 1 is 1.23 bits per heavy atom. The highest BCUT2D eigenvalue weighted by Crippen LogP contribution is 2.34. The Morgan fingerprint density at radius 3 is 2.84 bits per heavy atom. The molecule has 0 bridgehead atoms. The summed E-state index contributed by atoms with van der Waals surface area (Å²) in [5.41, 5.74) is 1.77. The number of aromatic nitrogens is 3. The van der Waals surface area contributed by atoms with Gasteiger partial charge in [0.1, 0.15) is 16.5 Å². The molecule has 1 fully saturated rings. The molecule has 0 aromatic carbocycles. The van der Waals surface area contributed by atoms with Crippen molar-refractivity contribution in [2.24, 2.45) is 0 Å². The van der Waals surface area contributed by atoms with E-state index in [1.54, 1.807) is 17.5 Å². The summed E-state index contributed by atoms with van der Waals surface area (Å²) in [6.45, 7) is 3.96. The molecular weight excluding hydrogens is 412 g/mol. The number of H-pyrrole nitrogens is 1. The Kier molecular flexibility index (Phi) is 5.45. The van der Waals surface area contributed by atoms with Gasteiger partial charge >= 0.3 is 0 Å². The number of rotatable bonds is 5. The predicted octanol–water partition coefficient (Wildman–Crippen LogP) is 2.19. The number of piperazine rings is 1. The van der Waals surface area contributed by atoms with Crippen LogP contribution in [0.4, 0.5) is 11.5 Å². The summed E-state index contributed by atoms with van der Waals surface area (Å²) in [6, 6.07) is 3.84. The van der Waals surface area contributed by atoms with Crippen LogP contribution in [-0.4, -0.2) is 59.0 Å². The number of pyridine rings is 1. The summed E-state index contributed by atoms with van der Waals surface area (Å²) in [5, 5.41) is 3.63. The normalized spacial score (nSPS) is 16.6. The van der Waals surface area contributed by atoms with Crippen LogP contribution >= 0.6 is 11.3 Å². The number of aromatic amines is 1. The van der Waals surface area contributed by atoms with Crippen molar-refractivity contribution in [2.75, 3.05) is 43.4 Å². The first-order valence-corrected chi connectivity index (χ1v) is 11.6. The number of amides is 1. The highest BCUT2D eigenvalue weighted by atomic mass is 32.1. The highest BCUT2D eigenvalue weighted by molar-refractivity contribution is 7.18. The summed E-state index contributed by atoms with van der Waals surface area (Å²) < 4.78 is 0. The van der Waals surface area contributed by atoms with E-state index >= 15 is 0 Å². The Hall–Kier alpha value is -2.78. The molecule has 4 heterocycles. The molecule has 0 unspecified atom stereocenters. The number of carbonyl (C=O) groups excluding carboxylic acids is 1. The highest BCUT2D eigenvalue weighted by Gasteiger charge is 2.21. The SMILES string of the molecule is CN1CCN(c2ccc(NC(=O)CCc3nc4sc5c(c4c(=O)[nH]3)CCC5)cn2)CC1. The summed E-state index contributed by atoms with van der Waals surface area (Å²) in [4.78, 5) is 43.6. The third kappa shape index (κ3) is 4.20. The number of hydrogen-bond acceptors (Lipinski definition) is 7. The zero-order chi connectivity index (χ0) is 21.4. The average Bonchev–Trinajstić information content (AvgIpc) is 3.34. The molecule has 0 radical (unpaired) electrons. The molecule has 3 aromatic heterocycles. The van der Waals surface area contributed by atoms with Gasteiger partial charge in [-0.05, 0) is 44.0 Å². The average molecular weight is 439 g/mol. The fourth-order valence-electron chi connectivity index (χ4n) is 4.30. The van der Waals surface area contributed by atoms with Gasteiger partial charge in [0.05, 0.1) is 17.3 Å². The van der Waals surface area contributed by atoms with Gasteiger partial charge in [0.15, 0.2) is 0 Å². The zero-order valence-electron chi connectivity index (χ0n) is 17.6. The van der Waals surface area contributed by atoms with Crippen molar-refractivity contribution >= 4 is 39.0 Å². The summed E-state index contributed by atoms with van der Waals surface area (Å²) in [5.74, 6) is 1.38. The molecule has 0 atom stereocenters. The molecule has 2 aliphatic rings. The van der Waals surface area contributed by atoms with Gasteiger partial charge in [0, 0.05) is 43.9 Å². The van der Waals surface area contributed by atoms with E-state index in [4.69, 9.17) is 0 Å². The van der Waals surface area contributed by atoms with Gasteiger partial charge in [-0.3, -0.25) is 9.59 Å². The summed E-state index contributed by atoms with van der Waals surface area (Å²) in [6.07, 6.45) is 5.46. The molecule has 3 aromatic rings. The van der Waals surface area contributed by atoms with Gasteiger partial charge in [0.25, 0.3) is 5.56 Å². The lowest BCUT2D eigenvalue weighted by atomic mass is 10.2. The number of nitrogens with zero attached hydrogens (tertiary/aromatic N) is 4. The van der Waals surface area contributed by atoms with Gasteiger partial charge in [-0.2, -0.15) is 0 Å². The predicted molar refractivity (Wildman–Crippen MR) is 123 cm³/mol. The Balaban J connectivity index is 1.19. The first-order valence-electron chi connectivity index (χ1n) is 10.8. The van der Waals surface area contributed by atoms with Crippen LogP contribution in [0.5, 0.6) is 0 Å². The molecule has 1 aliphatic carbocycles. The number of anilines is 2. The van der Waals surface area contributed by atoms with Gasteiger partial charge in [0.2, 0.25) is 5.91 Å². The van der Waals surface area contributed by atoms with Crippen molar-refractivity contribution in [3.63, 3.8) is 0 Å². The molecule has 5 rings (SSSR count). The third-order valence-corrected chi connectivity index (χ3v) is 7.26. The maximum absolute atomic E-state index is 12.5. The number of aryl methyl sites for hydroxylation is 3. The second kappa shape index (κ2) is 8.39. The van der Waals surface area contributed by atoms with E-state index in [2.05, 4.69) is 37.1 Å². The Morgan fingerprint density at radius 2 is 2.06 bits per heavy atom. The van der Waals surface area contributed by atoms with Crippen LogP contribution in [0, 0.1) is 0 Å². The maximum atomic E-state index is 12.5. The van der Waals surface area contributed by atoms with Gasteiger partial charge < -0.3 is 20.1 Å². The van der Waals surface area contributed by atoms with Gasteiger partial charge in [-0.25, -0.2) is 9.97 Å². The molecule has 1 amide bonds. The minimum absolute atomic E-state index is 0.0801. The quantitative estimate of drug-likeness (QED) is 0.634. The first-order chi connectivity index (χ1) is 15.1. The number of hydrogen-bond donors (Lipinski definition) is 2. The van der Waals surface area contributed by atoms with E-state index in [1.807, 2.05) is 12.1 Å². The Labute approximate surface area is 184 Å². The largest absolute Gasteiger partial charge is 0.354 e. The minimum atomic E-state index is -0.120. The van der Waals surface area contributed by atoms with E-state index in [9.17, 15) is 9.59 Å². The number of thiophene rings is 1. The molecular formula is C22H26N6O2S. The number of fused-ring (bicyclic) bond motifs is 3. The molecule has 31 heavy (non-hydrogen) atoms. The lowest BCUT2D eigenvalue weighted by Crippen LogP contribution is -2.44. The Bertz CT molecular complexity index is 1160. The topological polar surface area (TPSA) is 94.2 Å². The number of carbonyl (C=O) groups is 1. The number of likely N-dealkylation sites (N-methyl/N-ethyl adjacent to an activating group) is 1. The molecule has 2 N–H and O–H groups in total.